The first kappa shape index (κ1) is 24.2. The van der Waals surface area contributed by atoms with Crippen LogP contribution in [0.3, 0.4) is 0 Å². The van der Waals surface area contributed by atoms with E-state index < -0.39 is 0 Å². The minimum Gasteiger partial charge on any atom is -0.301 e. The molecule has 2 aromatic carbocycles. The molecule has 0 radical (unpaired) electrons. The second kappa shape index (κ2) is 11.0. The number of allylic oxidation sites excluding steroid dienone is 1. The van der Waals surface area contributed by atoms with Gasteiger partial charge < -0.3 is 5.32 Å². The molecule has 0 fully saturated rings. The van der Waals surface area contributed by atoms with E-state index in [2.05, 4.69) is 33.1 Å². The maximum atomic E-state index is 12.6. The van der Waals surface area contributed by atoms with Crippen LogP contribution in [0.5, 0.6) is 0 Å². The fourth-order valence-electron chi connectivity index (χ4n) is 3.29. The summed E-state index contributed by atoms with van der Waals surface area (Å²) in [7, 11) is 0. The molecule has 174 valence electrons. The maximum Gasteiger partial charge on any atom is 0.236 e. The molecule has 0 aliphatic heterocycles. The van der Waals surface area contributed by atoms with Crippen LogP contribution in [-0.4, -0.2) is 31.4 Å². The largest absolute Gasteiger partial charge is 0.301 e. The second-order valence-electron chi connectivity index (χ2n) is 7.80. The van der Waals surface area contributed by atoms with Gasteiger partial charge in [-0.3, -0.25) is 9.36 Å². The van der Waals surface area contributed by atoms with Gasteiger partial charge in [0.1, 0.15) is 0 Å². The summed E-state index contributed by atoms with van der Waals surface area (Å²) in [6, 6.07) is 14.1. The summed E-state index contributed by atoms with van der Waals surface area (Å²) >= 11 is 9.02. The van der Waals surface area contributed by atoms with Crippen LogP contribution >= 0.6 is 34.7 Å². The lowest BCUT2D eigenvalue weighted by Gasteiger charge is -2.08. The predicted molar refractivity (Wildman–Crippen MR) is 141 cm³/mol. The Bertz CT molecular complexity index is 1310. The molecule has 0 saturated carbocycles. The number of halogens is 1. The number of anilines is 1. The van der Waals surface area contributed by atoms with Crippen LogP contribution in [0.15, 0.2) is 66.5 Å². The van der Waals surface area contributed by atoms with E-state index in [1.54, 1.807) is 12.3 Å². The average molecular weight is 510 g/mol. The third-order valence-corrected chi connectivity index (χ3v) is 7.37. The first-order valence-electron chi connectivity index (χ1n) is 10.7. The van der Waals surface area contributed by atoms with E-state index in [1.807, 2.05) is 54.8 Å². The highest BCUT2D eigenvalue weighted by molar-refractivity contribution is 7.99. The number of carbonyl (C=O) groups excluding carboxylic acids is 1. The van der Waals surface area contributed by atoms with Crippen molar-refractivity contribution in [2.45, 2.75) is 32.0 Å². The SMILES string of the molecule is C=CCn1c(SCC(=O)Nc2ncc(Cc3ccc(C)c(Cl)c3)s2)nnc1-c1ccc(C)cc1. The van der Waals surface area contributed by atoms with Crippen molar-refractivity contribution in [3.8, 4) is 11.4 Å². The lowest BCUT2D eigenvalue weighted by Crippen LogP contribution is -2.14. The Morgan fingerprint density at radius 2 is 2.00 bits per heavy atom. The number of thioether (sulfide) groups is 1. The fourth-order valence-corrected chi connectivity index (χ4v) is 5.10. The molecule has 1 N–H and O–H groups in total. The molecule has 4 aromatic rings. The van der Waals surface area contributed by atoms with Gasteiger partial charge in [-0.2, -0.15) is 0 Å². The minimum atomic E-state index is -0.144. The van der Waals surface area contributed by atoms with Crippen LogP contribution in [0.4, 0.5) is 5.13 Å². The normalized spacial score (nSPS) is 10.9. The second-order valence-corrected chi connectivity index (χ2v) is 10.3. The molecule has 6 nitrogen and oxygen atoms in total. The molecule has 34 heavy (non-hydrogen) atoms. The first-order chi connectivity index (χ1) is 16.4. The molecule has 0 unspecified atom stereocenters. The van der Waals surface area contributed by atoms with E-state index in [1.165, 1.54) is 28.7 Å². The van der Waals surface area contributed by atoms with Gasteiger partial charge in [-0.15, -0.1) is 28.1 Å². The molecule has 0 bridgehead atoms. The van der Waals surface area contributed by atoms with Crippen LogP contribution in [0, 0.1) is 13.8 Å². The summed E-state index contributed by atoms with van der Waals surface area (Å²) in [6.45, 7) is 8.42. The zero-order valence-electron chi connectivity index (χ0n) is 18.9. The lowest BCUT2D eigenvalue weighted by molar-refractivity contribution is -0.113. The van der Waals surface area contributed by atoms with Gasteiger partial charge in [0.25, 0.3) is 0 Å². The summed E-state index contributed by atoms with van der Waals surface area (Å²) in [5.41, 5.74) is 4.31. The number of nitrogens with one attached hydrogen (secondary N) is 1. The molecule has 0 atom stereocenters. The third kappa shape index (κ3) is 5.94. The van der Waals surface area contributed by atoms with Crippen LogP contribution < -0.4 is 5.32 Å². The van der Waals surface area contributed by atoms with Crippen molar-refractivity contribution in [1.82, 2.24) is 19.7 Å². The van der Waals surface area contributed by atoms with Crippen LogP contribution in [0.2, 0.25) is 5.02 Å². The number of hydrogen-bond donors (Lipinski definition) is 1. The van der Waals surface area contributed by atoms with E-state index in [-0.39, 0.29) is 11.7 Å². The quantitative estimate of drug-likeness (QED) is 0.215. The number of thiazole rings is 1. The summed E-state index contributed by atoms with van der Waals surface area (Å²) in [4.78, 5) is 18.0. The number of carbonyl (C=O) groups is 1. The Labute approximate surface area is 212 Å². The topological polar surface area (TPSA) is 72.7 Å². The Kier molecular flexibility index (Phi) is 7.82. The van der Waals surface area contributed by atoms with Crippen molar-refractivity contribution >= 4 is 45.7 Å². The van der Waals surface area contributed by atoms with Gasteiger partial charge >= 0.3 is 0 Å². The molecule has 0 saturated heterocycles. The van der Waals surface area contributed by atoms with Gasteiger partial charge in [0.05, 0.1) is 5.75 Å². The van der Waals surface area contributed by atoms with E-state index in [9.17, 15) is 4.79 Å². The Hall–Kier alpha value is -2.94. The third-order valence-electron chi connectivity index (χ3n) is 5.09. The highest BCUT2D eigenvalue weighted by atomic mass is 35.5. The maximum absolute atomic E-state index is 12.6. The number of hydrogen-bond acceptors (Lipinski definition) is 6. The Morgan fingerprint density at radius 3 is 2.74 bits per heavy atom. The van der Waals surface area contributed by atoms with E-state index in [0.29, 0.717) is 23.3 Å². The molecule has 0 aliphatic rings. The van der Waals surface area contributed by atoms with E-state index in [4.69, 9.17) is 11.6 Å². The standard InChI is InChI=1S/C25H24ClN5OS2/c1-4-11-31-23(19-9-5-16(2)6-10-19)29-30-25(31)33-15-22(32)28-24-27-14-20(34-24)12-18-8-7-17(3)21(26)13-18/h4-10,13-14H,1,11-12,15H2,2-3H3,(H,27,28,32). The number of aromatic nitrogens is 4. The fraction of sp³-hybridized carbons (Fsp3) is 0.200. The van der Waals surface area contributed by atoms with Gasteiger partial charge in [-0.05, 0) is 31.0 Å². The van der Waals surface area contributed by atoms with Gasteiger partial charge in [-0.25, -0.2) is 4.98 Å². The molecule has 2 aromatic heterocycles. The minimum absolute atomic E-state index is 0.144. The zero-order valence-corrected chi connectivity index (χ0v) is 21.3. The zero-order chi connectivity index (χ0) is 24.1. The summed E-state index contributed by atoms with van der Waals surface area (Å²) in [5, 5.41) is 13.5. The highest BCUT2D eigenvalue weighted by Crippen LogP contribution is 2.26. The van der Waals surface area contributed by atoms with Crippen molar-refractivity contribution < 1.29 is 4.79 Å². The van der Waals surface area contributed by atoms with Crippen LogP contribution in [0.1, 0.15) is 21.6 Å². The molecular formula is C25H24ClN5OS2. The van der Waals surface area contributed by atoms with E-state index >= 15 is 0 Å². The number of nitrogens with zero attached hydrogens (tertiary/aromatic N) is 4. The van der Waals surface area contributed by atoms with Gasteiger partial charge in [-0.1, -0.05) is 71.4 Å². The summed E-state index contributed by atoms with van der Waals surface area (Å²) in [6.07, 6.45) is 4.30. The summed E-state index contributed by atoms with van der Waals surface area (Å²) in [5.74, 6) is 0.809. The monoisotopic (exact) mass is 509 g/mol. The smallest absolute Gasteiger partial charge is 0.236 e. The number of amides is 1. The molecule has 0 aliphatic carbocycles. The van der Waals surface area contributed by atoms with Crippen molar-refractivity contribution in [1.29, 1.82) is 0 Å². The van der Waals surface area contributed by atoms with Crippen LogP contribution in [-0.2, 0) is 17.8 Å². The van der Waals surface area contributed by atoms with Crippen molar-refractivity contribution in [2.24, 2.45) is 0 Å². The van der Waals surface area contributed by atoms with Gasteiger partial charge in [0, 0.05) is 34.6 Å². The Morgan fingerprint density at radius 1 is 1.21 bits per heavy atom. The summed E-state index contributed by atoms with van der Waals surface area (Å²) < 4.78 is 1.96. The molecule has 2 heterocycles. The molecule has 9 heteroatoms. The molecule has 0 spiro atoms. The van der Waals surface area contributed by atoms with Crippen molar-refractivity contribution in [3.05, 3.63) is 87.9 Å². The van der Waals surface area contributed by atoms with E-state index in [0.717, 1.165) is 32.4 Å². The van der Waals surface area contributed by atoms with Crippen molar-refractivity contribution in [2.75, 3.05) is 11.1 Å². The predicted octanol–water partition coefficient (Wildman–Crippen LogP) is 6.18. The molecule has 1 amide bonds. The Balaban J connectivity index is 1.37. The van der Waals surface area contributed by atoms with Gasteiger partial charge in [0.15, 0.2) is 16.1 Å². The highest BCUT2D eigenvalue weighted by Gasteiger charge is 2.16. The number of benzene rings is 2. The lowest BCUT2D eigenvalue weighted by atomic mass is 10.1. The average Bonchev–Trinajstić information content (AvgIpc) is 3.42. The van der Waals surface area contributed by atoms with Crippen molar-refractivity contribution in [3.63, 3.8) is 0 Å². The molecule has 4 rings (SSSR count). The number of rotatable bonds is 9. The first-order valence-corrected chi connectivity index (χ1v) is 12.8. The number of aryl methyl sites for hydroxylation is 2. The van der Waals surface area contributed by atoms with Gasteiger partial charge in [0.2, 0.25) is 5.91 Å². The van der Waals surface area contributed by atoms with Crippen LogP contribution in [0.25, 0.3) is 11.4 Å². The molecular weight excluding hydrogens is 486 g/mol.